The molecule has 6 nitrogen and oxygen atoms in total. The summed E-state index contributed by atoms with van der Waals surface area (Å²) in [5.41, 5.74) is 2.38. The molecule has 0 radical (unpaired) electrons. The maximum atomic E-state index is 11.9. The Morgan fingerprint density at radius 3 is 2.62 bits per heavy atom. The van der Waals surface area contributed by atoms with Crippen LogP contribution in [-0.4, -0.2) is 21.2 Å². The number of aromatic hydroxyl groups is 1. The second kappa shape index (κ2) is 6.95. The topological polar surface area (TPSA) is 88.2 Å². The molecule has 0 saturated carbocycles. The molecular weight excluding hydrogens is 306 g/mol. The van der Waals surface area contributed by atoms with Gasteiger partial charge in [0.15, 0.2) is 0 Å². The standard InChI is InChI=1S/C18H17N3O3/c1-12-6-8-13(9-7-12)18-21-20-17(24-18)11-10-16(23)19-14-4-2-3-5-15(14)22/h2-9,22H,10-11H2,1H3,(H,19,23). The average molecular weight is 323 g/mol. The molecule has 3 rings (SSSR count). The molecule has 0 unspecified atom stereocenters. The molecule has 122 valence electrons. The summed E-state index contributed by atoms with van der Waals surface area (Å²) in [6.07, 6.45) is 0.516. The molecule has 3 aromatic rings. The van der Waals surface area contributed by atoms with Crippen molar-refractivity contribution in [3.63, 3.8) is 0 Å². The quantitative estimate of drug-likeness (QED) is 0.703. The third-order valence-corrected chi connectivity index (χ3v) is 3.51. The molecule has 1 heterocycles. The lowest BCUT2D eigenvalue weighted by Crippen LogP contribution is -2.12. The lowest BCUT2D eigenvalue weighted by atomic mass is 10.1. The Morgan fingerprint density at radius 1 is 1.12 bits per heavy atom. The van der Waals surface area contributed by atoms with Crippen LogP contribution in [0.25, 0.3) is 11.5 Å². The molecule has 1 amide bonds. The van der Waals surface area contributed by atoms with E-state index in [1.807, 2.05) is 31.2 Å². The van der Waals surface area contributed by atoms with Gasteiger partial charge in [-0.05, 0) is 31.2 Å². The van der Waals surface area contributed by atoms with E-state index >= 15 is 0 Å². The van der Waals surface area contributed by atoms with Crippen LogP contribution < -0.4 is 5.32 Å². The van der Waals surface area contributed by atoms with E-state index in [2.05, 4.69) is 15.5 Å². The predicted octanol–water partition coefficient (Wildman–Crippen LogP) is 3.32. The first-order valence-electron chi connectivity index (χ1n) is 7.59. The zero-order valence-corrected chi connectivity index (χ0v) is 13.2. The van der Waals surface area contributed by atoms with Gasteiger partial charge in [0, 0.05) is 18.4 Å². The first kappa shape index (κ1) is 15.7. The van der Waals surface area contributed by atoms with Gasteiger partial charge in [-0.2, -0.15) is 0 Å². The Bertz CT molecular complexity index is 841. The van der Waals surface area contributed by atoms with E-state index in [9.17, 15) is 9.90 Å². The zero-order valence-electron chi connectivity index (χ0n) is 13.2. The second-order valence-electron chi connectivity index (χ2n) is 5.43. The van der Waals surface area contributed by atoms with Crippen LogP contribution >= 0.6 is 0 Å². The molecule has 1 aromatic heterocycles. The molecule has 0 aliphatic carbocycles. The maximum absolute atomic E-state index is 11.9. The molecule has 2 N–H and O–H groups in total. The number of phenolic OH excluding ortho intramolecular Hbond substituents is 1. The highest BCUT2D eigenvalue weighted by Gasteiger charge is 2.11. The van der Waals surface area contributed by atoms with Gasteiger partial charge in [0.2, 0.25) is 17.7 Å². The van der Waals surface area contributed by atoms with Crippen molar-refractivity contribution >= 4 is 11.6 Å². The molecule has 0 aliphatic rings. The van der Waals surface area contributed by atoms with Crippen LogP contribution in [0.2, 0.25) is 0 Å². The van der Waals surface area contributed by atoms with Crippen molar-refractivity contribution in [2.75, 3.05) is 5.32 Å². The fourth-order valence-corrected chi connectivity index (χ4v) is 2.18. The fourth-order valence-electron chi connectivity index (χ4n) is 2.18. The van der Waals surface area contributed by atoms with Crippen LogP contribution in [0.3, 0.4) is 0 Å². The smallest absolute Gasteiger partial charge is 0.247 e. The molecule has 0 atom stereocenters. The van der Waals surface area contributed by atoms with E-state index < -0.39 is 0 Å². The number of carbonyl (C=O) groups is 1. The van der Waals surface area contributed by atoms with Crippen molar-refractivity contribution in [2.45, 2.75) is 19.8 Å². The van der Waals surface area contributed by atoms with Crippen molar-refractivity contribution in [1.82, 2.24) is 10.2 Å². The second-order valence-corrected chi connectivity index (χ2v) is 5.43. The van der Waals surface area contributed by atoms with Crippen LogP contribution in [0, 0.1) is 6.92 Å². The number of rotatable bonds is 5. The minimum absolute atomic E-state index is 0.0327. The van der Waals surface area contributed by atoms with Gasteiger partial charge in [0.1, 0.15) is 5.75 Å². The van der Waals surface area contributed by atoms with Gasteiger partial charge >= 0.3 is 0 Å². The Hall–Kier alpha value is -3.15. The third-order valence-electron chi connectivity index (χ3n) is 3.51. The number of amides is 1. The van der Waals surface area contributed by atoms with Crippen LogP contribution in [-0.2, 0) is 11.2 Å². The first-order chi connectivity index (χ1) is 11.6. The minimum Gasteiger partial charge on any atom is -0.506 e. The Labute approximate surface area is 139 Å². The SMILES string of the molecule is Cc1ccc(-c2nnc(CCC(=O)Nc3ccccc3O)o2)cc1. The minimum atomic E-state index is -0.230. The highest BCUT2D eigenvalue weighted by molar-refractivity contribution is 5.92. The predicted molar refractivity (Wildman–Crippen MR) is 89.5 cm³/mol. The number of hydrogen-bond donors (Lipinski definition) is 2. The largest absolute Gasteiger partial charge is 0.506 e. The molecule has 0 bridgehead atoms. The first-order valence-corrected chi connectivity index (χ1v) is 7.59. The maximum Gasteiger partial charge on any atom is 0.247 e. The van der Waals surface area contributed by atoms with Crippen LogP contribution in [0.4, 0.5) is 5.69 Å². The van der Waals surface area contributed by atoms with Crippen LogP contribution in [0.5, 0.6) is 5.75 Å². The van der Waals surface area contributed by atoms with E-state index in [1.165, 1.54) is 6.07 Å². The molecule has 0 aliphatic heterocycles. The van der Waals surface area contributed by atoms with E-state index in [0.29, 0.717) is 23.9 Å². The van der Waals surface area contributed by atoms with Gasteiger partial charge in [-0.3, -0.25) is 4.79 Å². The molecule has 24 heavy (non-hydrogen) atoms. The van der Waals surface area contributed by atoms with Gasteiger partial charge in [-0.25, -0.2) is 0 Å². The highest BCUT2D eigenvalue weighted by atomic mass is 16.4. The molecule has 2 aromatic carbocycles. The number of benzene rings is 2. The Kier molecular flexibility index (Phi) is 4.56. The number of para-hydroxylation sites is 2. The number of aromatic nitrogens is 2. The van der Waals surface area contributed by atoms with Gasteiger partial charge in [0.05, 0.1) is 5.69 Å². The van der Waals surface area contributed by atoms with Gasteiger partial charge in [-0.1, -0.05) is 29.8 Å². The number of hydrogen-bond acceptors (Lipinski definition) is 5. The number of aryl methyl sites for hydroxylation is 2. The highest BCUT2D eigenvalue weighted by Crippen LogP contribution is 2.22. The van der Waals surface area contributed by atoms with Gasteiger partial charge in [-0.15, -0.1) is 10.2 Å². The summed E-state index contributed by atoms with van der Waals surface area (Å²) in [7, 11) is 0. The molecule has 0 saturated heterocycles. The van der Waals surface area contributed by atoms with Crippen molar-refractivity contribution < 1.29 is 14.3 Å². The molecular formula is C18H17N3O3. The van der Waals surface area contributed by atoms with Crippen molar-refractivity contribution in [1.29, 1.82) is 0 Å². The third kappa shape index (κ3) is 3.78. The summed E-state index contributed by atoms with van der Waals surface area (Å²) in [5, 5.41) is 20.3. The molecule has 6 heteroatoms. The number of nitrogens with zero attached hydrogens (tertiary/aromatic N) is 2. The van der Waals surface area contributed by atoms with Crippen molar-refractivity contribution in [3.05, 3.63) is 60.0 Å². The number of nitrogens with one attached hydrogen (secondary N) is 1. The average Bonchev–Trinajstić information content (AvgIpc) is 3.05. The summed E-state index contributed by atoms with van der Waals surface area (Å²) < 4.78 is 5.58. The zero-order chi connectivity index (χ0) is 16.9. The van der Waals surface area contributed by atoms with E-state index in [1.54, 1.807) is 18.2 Å². The summed E-state index contributed by atoms with van der Waals surface area (Å²) in [4.78, 5) is 11.9. The van der Waals surface area contributed by atoms with Gasteiger partial charge < -0.3 is 14.8 Å². The number of phenols is 1. The van der Waals surface area contributed by atoms with E-state index in [-0.39, 0.29) is 18.1 Å². The van der Waals surface area contributed by atoms with Crippen molar-refractivity contribution in [2.24, 2.45) is 0 Å². The van der Waals surface area contributed by atoms with Crippen LogP contribution in [0.1, 0.15) is 17.9 Å². The monoisotopic (exact) mass is 323 g/mol. The molecule has 0 fully saturated rings. The van der Waals surface area contributed by atoms with E-state index in [4.69, 9.17) is 4.42 Å². The summed E-state index contributed by atoms with van der Waals surface area (Å²) >= 11 is 0. The molecule has 0 spiro atoms. The van der Waals surface area contributed by atoms with E-state index in [0.717, 1.165) is 11.1 Å². The van der Waals surface area contributed by atoms with Gasteiger partial charge in [0.25, 0.3) is 0 Å². The lowest BCUT2D eigenvalue weighted by molar-refractivity contribution is -0.116. The Balaban J connectivity index is 1.58. The van der Waals surface area contributed by atoms with Crippen molar-refractivity contribution in [3.8, 4) is 17.2 Å². The summed E-state index contributed by atoms with van der Waals surface area (Å²) in [5.74, 6) is 0.640. The number of anilines is 1. The number of carbonyl (C=O) groups excluding carboxylic acids is 1. The summed E-state index contributed by atoms with van der Waals surface area (Å²) in [6.45, 7) is 2.01. The Morgan fingerprint density at radius 2 is 1.88 bits per heavy atom. The van der Waals surface area contributed by atoms with Crippen LogP contribution in [0.15, 0.2) is 52.9 Å². The normalized spacial score (nSPS) is 10.5. The summed E-state index contributed by atoms with van der Waals surface area (Å²) in [6, 6.07) is 14.3. The fraction of sp³-hybridized carbons (Fsp3) is 0.167. The lowest BCUT2D eigenvalue weighted by Gasteiger charge is -2.05.